The highest BCUT2D eigenvalue weighted by atomic mass is 32.2. The van der Waals surface area contributed by atoms with E-state index in [0.717, 1.165) is 23.8 Å². The average molecular weight is 322 g/mol. The molecule has 1 aliphatic rings. The number of amides is 1. The maximum atomic E-state index is 12.1. The smallest absolute Gasteiger partial charge is 0.238 e. The van der Waals surface area contributed by atoms with Crippen molar-refractivity contribution in [1.29, 1.82) is 0 Å². The monoisotopic (exact) mass is 322 g/mol. The van der Waals surface area contributed by atoms with E-state index in [2.05, 4.69) is 10.0 Å². The van der Waals surface area contributed by atoms with Crippen LogP contribution in [0.1, 0.15) is 32.3 Å². The predicted molar refractivity (Wildman–Crippen MR) is 87.3 cm³/mol. The molecule has 0 heterocycles. The third kappa shape index (κ3) is 5.27. The number of rotatable bonds is 7. The maximum Gasteiger partial charge on any atom is 0.238 e. The van der Waals surface area contributed by atoms with Gasteiger partial charge in [0, 0.05) is 11.4 Å². The molecule has 1 fully saturated rings. The Balaban J connectivity index is 2.03. The van der Waals surface area contributed by atoms with Crippen molar-refractivity contribution in [2.24, 2.45) is 5.92 Å². The van der Waals surface area contributed by atoms with Crippen LogP contribution in [0, 0.1) is 5.92 Å². The minimum Gasteiger partial charge on any atom is -0.352 e. The van der Waals surface area contributed by atoms with Crippen LogP contribution in [0.3, 0.4) is 0 Å². The molecule has 6 heteroatoms. The second-order valence-corrected chi connectivity index (χ2v) is 7.48. The molecule has 5 nitrogen and oxygen atoms in total. The Morgan fingerprint density at radius 1 is 1.23 bits per heavy atom. The van der Waals surface area contributed by atoms with E-state index in [0.29, 0.717) is 0 Å². The van der Waals surface area contributed by atoms with E-state index in [9.17, 15) is 13.2 Å². The van der Waals surface area contributed by atoms with Crippen molar-refractivity contribution in [2.45, 2.75) is 38.8 Å². The van der Waals surface area contributed by atoms with Crippen molar-refractivity contribution in [3.8, 4) is 0 Å². The first kappa shape index (κ1) is 16.7. The van der Waals surface area contributed by atoms with Gasteiger partial charge in [-0.05, 0) is 30.4 Å². The molecule has 0 aromatic heterocycles. The zero-order chi connectivity index (χ0) is 16.2. The molecule has 2 N–H and O–H groups in total. The van der Waals surface area contributed by atoms with Crippen LogP contribution in [0.2, 0.25) is 0 Å². The summed E-state index contributed by atoms with van der Waals surface area (Å²) in [6.45, 7) is 3.64. The highest BCUT2D eigenvalue weighted by Crippen LogP contribution is 2.19. The number of sulfonamides is 1. The molecule has 1 saturated carbocycles. The molecule has 0 radical (unpaired) electrons. The predicted octanol–water partition coefficient (Wildman–Crippen LogP) is 1.88. The third-order valence-corrected chi connectivity index (χ3v) is 4.48. The molecule has 2 rings (SSSR count). The molecule has 1 aromatic rings. The largest absolute Gasteiger partial charge is 0.352 e. The number of carbonyl (C=O) groups is 1. The van der Waals surface area contributed by atoms with Gasteiger partial charge < -0.3 is 5.32 Å². The molecule has 1 unspecified atom stereocenters. The fraction of sp³-hybridized carbons (Fsp3) is 0.438. The van der Waals surface area contributed by atoms with Crippen LogP contribution in [0.5, 0.6) is 0 Å². The number of hydrogen-bond donors (Lipinski definition) is 2. The van der Waals surface area contributed by atoms with E-state index in [1.807, 2.05) is 44.2 Å². The fourth-order valence-corrected chi connectivity index (χ4v) is 3.11. The Kier molecular flexibility index (Phi) is 5.37. The molecule has 1 atom stereocenters. The minimum atomic E-state index is -3.68. The van der Waals surface area contributed by atoms with Crippen LogP contribution in [-0.4, -0.2) is 26.4 Å². The van der Waals surface area contributed by atoms with Gasteiger partial charge in [0.1, 0.15) is 6.04 Å². The van der Waals surface area contributed by atoms with Gasteiger partial charge >= 0.3 is 0 Å². The SMILES string of the molecule is CC(C)C(NS(=O)(=O)/C=C/c1ccccc1)C(=O)NC1CC1. The molecule has 0 spiro atoms. The second-order valence-electron chi connectivity index (χ2n) is 5.88. The number of nitrogens with one attached hydrogen (secondary N) is 2. The normalized spacial score (nSPS) is 16.9. The molecular formula is C16H22N2O3S. The average Bonchev–Trinajstić information content (AvgIpc) is 3.27. The molecule has 0 bridgehead atoms. The molecule has 1 aromatic carbocycles. The van der Waals surface area contributed by atoms with Crippen molar-refractivity contribution >= 4 is 22.0 Å². The van der Waals surface area contributed by atoms with Crippen LogP contribution in [-0.2, 0) is 14.8 Å². The standard InChI is InChI=1S/C16H22N2O3S/c1-12(2)15(16(19)17-14-8-9-14)18-22(20,21)11-10-13-6-4-3-5-7-13/h3-7,10-12,14-15,18H,8-9H2,1-2H3,(H,17,19)/b11-10+. The molecular weight excluding hydrogens is 300 g/mol. The molecule has 1 aliphatic carbocycles. The number of benzene rings is 1. The molecule has 0 aliphatic heterocycles. The van der Waals surface area contributed by atoms with Gasteiger partial charge in [-0.25, -0.2) is 8.42 Å². The van der Waals surface area contributed by atoms with Gasteiger partial charge in [-0.3, -0.25) is 4.79 Å². The zero-order valence-electron chi connectivity index (χ0n) is 12.8. The van der Waals surface area contributed by atoms with Crippen LogP contribution in [0.15, 0.2) is 35.7 Å². The van der Waals surface area contributed by atoms with E-state index in [4.69, 9.17) is 0 Å². The van der Waals surface area contributed by atoms with E-state index in [1.165, 1.54) is 6.08 Å². The summed E-state index contributed by atoms with van der Waals surface area (Å²) < 4.78 is 26.8. The van der Waals surface area contributed by atoms with Gasteiger partial charge in [-0.2, -0.15) is 4.72 Å². The van der Waals surface area contributed by atoms with Crippen LogP contribution < -0.4 is 10.0 Å². The Hall–Kier alpha value is -1.66. The number of hydrogen-bond acceptors (Lipinski definition) is 3. The topological polar surface area (TPSA) is 75.3 Å². The van der Waals surface area contributed by atoms with Crippen LogP contribution in [0.4, 0.5) is 0 Å². The Labute approximate surface area is 131 Å². The van der Waals surface area contributed by atoms with E-state index >= 15 is 0 Å². The number of carbonyl (C=O) groups excluding carboxylic acids is 1. The van der Waals surface area contributed by atoms with E-state index < -0.39 is 16.1 Å². The van der Waals surface area contributed by atoms with Gasteiger partial charge in [0.15, 0.2) is 0 Å². The third-order valence-electron chi connectivity index (χ3n) is 3.40. The van der Waals surface area contributed by atoms with Crippen LogP contribution in [0.25, 0.3) is 6.08 Å². The summed E-state index contributed by atoms with van der Waals surface area (Å²) in [5.74, 6) is -0.382. The van der Waals surface area contributed by atoms with Crippen molar-refractivity contribution < 1.29 is 13.2 Å². The fourth-order valence-electron chi connectivity index (χ4n) is 1.96. The summed E-state index contributed by atoms with van der Waals surface area (Å²) in [4.78, 5) is 12.1. The maximum absolute atomic E-state index is 12.1. The van der Waals surface area contributed by atoms with Gasteiger partial charge in [0.25, 0.3) is 0 Å². The highest BCUT2D eigenvalue weighted by Gasteiger charge is 2.31. The first-order chi connectivity index (χ1) is 10.4. The van der Waals surface area contributed by atoms with Crippen molar-refractivity contribution in [3.05, 3.63) is 41.3 Å². The second kappa shape index (κ2) is 7.07. The quantitative estimate of drug-likeness (QED) is 0.805. The van der Waals surface area contributed by atoms with Crippen molar-refractivity contribution in [2.75, 3.05) is 0 Å². The van der Waals surface area contributed by atoms with Gasteiger partial charge in [-0.1, -0.05) is 44.2 Å². The summed E-state index contributed by atoms with van der Waals surface area (Å²) in [6.07, 6.45) is 3.45. The molecule has 120 valence electrons. The van der Waals surface area contributed by atoms with E-state index in [-0.39, 0.29) is 17.9 Å². The highest BCUT2D eigenvalue weighted by molar-refractivity contribution is 7.92. The molecule has 22 heavy (non-hydrogen) atoms. The molecule has 1 amide bonds. The van der Waals surface area contributed by atoms with Gasteiger partial charge in [0.2, 0.25) is 15.9 Å². The lowest BCUT2D eigenvalue weighted by Crippen LogP contribution is -2.49. The lowest BCUT2D eigenvalue weighted by molar-refractivity contribution is -0.123. The molecule has 0 saturated heterocycles. The van der Waals surface area contributed by atoms with Gasteiger partial charge in [0.05, 0.1) is 0 Å². The van der Waals surface area contributed by atoms with Crippen molar-refractivity contribution in [1.82, 2.24) is 10.0 Å². The van der Waals surface area contributed by atoms with Crippen molar-refractivity contribution in [3.63, 3.8) is 0 Å². The Bertz CT molecular complexity index is 635. The lowest BCUT2D eigenvalue weighted by Gasteiger charge is -2.20. The summed E-state index contributed by atoms with van der Waals surface area (Å²) in [5.41, 5.74) is 0.788. The first-order valence-corrected chi connectivity index (χ1v) is 8.98. The Morgan fingerprint density at radius 2 is 1.86 bits per heavy atom. The summed E-state index contributed by atoms with van der Waals surface area (Å²) >= 11 is 0. The lowest BCUT2D eigenvalue weighted by atomic mass is 10.1. The first-order valence-electron chi connectivity index (χ1n) is 7.43. The summed E-state index contributed by atoms with van der Waals surface area (Å²) in [7, 11) is -3.68. The summed E-state index contributed by atoms with van der Waals surface area (Å²) in [5, 5.41) is 3.94. The van der Waals surface area contributed by atoms with Gasteiger partial charge in [-0.15, -0.1) is 0 Å². The zero-order valence-corrected chi connectivity index (χ0v) is 13.6. The van der Waals surface area contributed by atoms with Crippen LogP contribution >= 0.6 is 0 Å². The Morgan fingerprint density at radius 3 is 2.41 bits per heavy atom. The minimum absolute atomic E-state index is 0.126. The summed E-state index contributed by atoms with van der Waals surface area (Å²) in [6, 6.07) is 8.60. The van der Waals surface area contributed by atoms with E-state index in [1.54, 1.807) is 0 Å².